The Morgan fingerprint density at radius 1 is 1.06 bits per heavy atom. The maximum atomic E-state index is 12.9. The third-order valence-electron chi connectivity index (χ3n) is 5.97. The second kappa shape index (κ2) is 8.32. The van der Waals surface area contributed by atoms with Gasteiger partial charge in [0.05, 0.1) is 10.6 Å². The van der Waals surface area contributed by atoms with Gasteiger partial charge in [-0.1, -0.05) is 12.5 Å². The van der Waals surface area contributed by atoms with Crippen molar-refractivity contribution in [3.8, 4) is 0 Å². The van der Waals surface area contributed by atoms with Crippen LogP contribution in [0.15, 0.2) is 47.4 Å². The first-order valence-corrected chi connectivity index (χ1v) is 11.8. The Morgan fingerprint density at radius 2 is 1.81 bits per heavy atom. The molecular formula is C22H26N4O4S. The molecule has 0 spiro atoms. The molecule has 2 heterocycles. The van der Waals surface area contributed by atoms with E-state index in [0.717, 1.165) is 31.2 Å². The van der Waals surface area contributed by atoms with Crippen molar-refractivity contribution in [2.75, 3.05) is 23.3 Å². The second-order valence-electron chi connectivity index (χ2n) is 8.02. The zero-order valence-electron chi connectivity index (χ0n) is 17.4. The van der Waals surface area contributed by atoms with Gasteiger partial charge in [-0.05, 0) is 68.1 Å². The molecule has 164 valence electrons. The highest BCUT2D eigenvalue weighted by Crippen LogP contribution is 2.31. The van der Waals surface area contributed by atoms with E-state index in [2.05, 4.69) is 5.32 Å². The van der Waals surface area contributed by atoms with Crippen LogP contribution in [0.1, 0.15) is 42.1 Å². The van der Waals surface area contributed by atoms with Crippen molar-refractivity contribution < 1.29 is 18.0 Å². The summed E-state index contributed by atoms with van der Waals surface area (Å²) in [6.45, 7) is 2.97. The van der Waals surface area contributed by atoms with E-state index in [4.69, 9.17) is 5.73 Å². The molecule has 1 saturated heterocycles. The van der Waals surface area contributed by atoms with Crippen LogP contribution in [0.5, 0.6) is 0 Å². The number of benzene rings is 2. The van der Waals surface area contributed by atoms with Gasteiger partial charge < -0.3 is 11.1 Å². The van der Waals surface area contributed by atoms with E-state index in [1.54, 1.807) is 16.4 Å². The van der Waals surface area contributed by atoms with Crippen LogP contribution in [0.3, 0.4) is 0 Å². The maximum Gasteiger partial charge on any atom is 0.319 e. The lowest BCUT2D eigenvalue weighted by molar-refractivity contribution is 0.102. The molecule has 0 bridgehead atoms. The predicted octanol–water partition coefficient (Wildman–Crippen LogP) is 2.94. The summed E-state index contributed by atoms with van der Waals surface area (Å²) < 4.78 is 27.4. The molecule has 0 radical (unpaired) electrons. The number of rotatable bonds is 4. The number of amides is 3. The van der Waals surface area contributed by atoms with Crippen LogP contribution >= 0.6 is 0 Å². The fourth-order valence-corrected chi connectivity index (χ4v) is 5.93. The normalized spacial score (nSPS) is 19.1. The Kier molecular flexibility index (Phi) is 5.72. The van der Waals surface area contributed by atoms with E-state index >= 15 is 0 Å². The third kappa shape index (κ3) is 4.15. The van der Waals surface area contributed by atoms with E-state index in [1.807, 2.05) is 13.0 Å². The van der Waals surface area contributed by atoms with Crippen molar-refractivity contribution in [2.24, 2.45) is 5.73 Å². The summed E-state index contributed by atoms with van der Waals surface area (Å²) in [5, 5.41) is 2.80. The molecule has 1 fully saturated rings. The number of carbonyl (C=O) groups excluding carboxylic acids is 2. The molecule has 2 aromatic carbocycles. The van der Waals surface area contributed by atoms with Crippen molar-refractivity contribution in [3.63, 3.8) is 0 Å². The minimum Gasteiger partial charge on any atom is -0.351 e. The summed E-state index contributed by atoms with van der Waals surface area (Å²) >= 11 is 0. The molecule has 2 aliphatic rings. The highest BCUT2D eigenvalue weighted by Gasteiger charge is 2.31. The number of hydrogen-bond acceptors (Lipinski definition) is 4. The number of carbonyl (C=O) groups is 2. The molecule has 0 saturated carbocycles. The molecule has 0 aliphatic carbocycles. The highest BCUT2D eigenvalue weighted by atomic mass is 32.2. The molecular weight excluding hydrogens is 416 g/mol. The first-order valence-electron chi connectivity index (χ1n) is 10.4. The Morgan fingerprint density at radius 3 is 2.48 bits per heavy atom. The summed E-state index contributed by atoms with van der Waals surface area (Å²) in [7, 11) is -3.58. The van der Waals surface area contributed by atoms with Gasteiger partial charge in [-0.25, -0.2) is 13.2 Å². The lowest BCUT2D eigenvalue weighted by Gasteiger charge is -2.32. The van der Waals surface area contributed by atoms with E-state index in [0.29, 0.717) is 30.0 Å². The second-order valence-corrected chi connectivity index (χ2v) is 9.91. The number of nitrogens with one attached hydrogen (secondary N) is 1. The zero-order valence-corrected chi connectivity index (χ0v) is 18.2. The van der Waals surface area contributed by atoms with E-state index in [-0.39, 0.29) is 16.8 Å². The Labute approximate surface area is 182 Å². The lowest BCUT2D eigenvalue weighted by Crippen LogP contribution is -2.41. The molecule has 31 heavy (non-hydrogen) atoms. The SMILES string of the molecule is CC1CCCCN1S(=O)(=O)c1ccc(C(=O)Nc2ccc3c(c2)N(C(N)=O)CC3)cc1. The minimum atomic E-state index is -3.58. The number of sulfonamides is 1. The van der Waals surface area contributed by atoms with Gasteiger partial charge in [0.1, 0.15) is 0 Å². The number of nitrogens with zero attached hydrogens (tertiary/aromatic N) is 2. The minimum absolute atomic E-state index is 0.0264. The van der Waals surface area contributed by atoms with Crippen LogP contribution in [-0.2, 0) is 16.4 Å². The van der Waals surface area contributed by atoms with Crippen LogP contribution in [0.2, 0.25) is 0 Å². The number of piperidine rings is 1. The first kappa shape index (κ1) is 21.3. The first-order chi connectivity index (χ1) is 14.8. The summed E-state index contributed by atoms with van der Waals surface area (Å²) in [4.78, 5) is 25.9. The topological polar surface area (TPSA) is 113 Å². The van der Waals surface area contributed by atoms with Crippen molar-refractivity contribution in [1.29, 1.82) is 0 Å². The van der Waals surface area contributed by atoms with Crippen LogP contribution in [-0.4, -0.2) is 43.8 Å². The molecule has 9 heteroatoms. The van der Waals surface area contributed by atoms with Crippen LogP contribution in [0.25, 0.3) is 0 Å². The number of anilines is 2. The Hall–Kier alpha value is -2.91. The number of hydrogen-bond donors (Lipinski definition) is 2. The molecule has 1 atom stereocenters. The van der Waals surface area contributed by atoms with Gasteiger partial charge in [0.2, 0.25) is 10.0 Å². The number of nitrogens with two attached hydrogens (primary N) is 1. The molecule has 0 aromatic heterocycles. The van der Waals surface area contributed by atoms with Crippen molar-refractivity contribution in [3.05, 3.63) is 53.6 Å². The van der Waals surface area contributed by atoms with Crippen molar-refractivity contribution in [1.82, 2.24) is 4.31 Å². The largest absolute Gasteiger partial charge is 0.351 e. The van der Waals surface area contributed by atoms with E-state index in [9.17, 15) is 18.0 Å². The smallest absolute Gasteiger partial charge is 0.319 e. The van der Waals surface area contributed by atoms with Crippen LogP contribution in [0.4, 0.5) is 16.2 Å². The summed E-state index contributed by atoms with van der Waals surface area (Å²) in [5.74, 6) is -0.362. The monoisotopic (exact) mass is 442 g/mol. The zero-order chi connectivity index (χ0) is 22.2. The van der Waals surface area contributed by atoms with Gasteiger partial charge in [0.25, 0.3) is 5.91 Å². The summed E-state index contributed by atoms with van der Waals surface area (Å²) in [6.07, 6.45) is 3.47. The third-order valence-corrected chi connectivity index (χ3v) is 8.00. The average molecular weight is 443 g/mol. The fraction of sp³-hybridized carbons (Fsp3) is 0.364. The fourth-order valence-electron chi connectivity index (χ4n) is 4.23. The number of fused-ring (bicyclic) bond motifs is 1. The molecule has 1 unspecified atom stereocenters. The number of urea groups is 1. The quantitative estimate of drug-likeness (QED) is 0.758. The Bertz CT molecular complexity index is 1110. The molecule has 4 rings (SSSR count). The number of primary amides is 1. The molecule has 3 N–H and O–H groups in total. The van der Waals surface area contributed by atoms with Crippen LogP contribution in [0, 0.1) is 0 Å². The van der Waals surface area contributed by atoms with E-state index < -0.39 is 16.1 Å². The van der Waals surface area contributed by atoms with E-state index in [1.165, 1.54) is 29.2 Å². The predicted molar refractivity (Wildman–Crippen MR) is 119 cm³/mol. The maximum absolute atomic E-state index is 12.9. The molecule has 3 amide bonds. The Balaban J connectivity index is 1.49. The molecule has 2 aliphatic heterocycles. The average Bonchev–Trinajstić information content (AvgIpc) is 3.17. The van der Waals surface area contributed by atoms with Crippen molar-refractivity contribution in [2.45, 2.75) is 43.5 Å². The van der Waals surface area contributed by atoms with Crippen LogP contribution < -0.4 is 16.0 Å². The van der Waals surface area contributed by atoms with Gasteiger partial charge >= 0.3 is 6.03 Å². The lowest BCUT2D eigenvalue weighted by atomic mass is 10.1. The molecule has 2 aromatic rings. The standard InChI is InChI=1S/C22H26N4O4S/c1-15-4-2-3-12-26(15)31(29,30)19-9-6-17(7-10-19)21(27)24-18-8-5-16-11-13-25(22(23)28)20(16)14-18/h5-10,14-15H,2-4,11-13H2,1H3,(H2,23,28)(H,24,27). The van der Waals surface area contributed by atoms with Crippen molar-refractivity contribution >= 4 is 33.3 Å². The van der Waals surface area contributed by atoms with Gasteiger partial charge in [-0.15, -0.1) is 0 Å². The summed E-state index contributed by atoms with van der Waals surface area (Å²) in [5.41, 5.74) is 7.99. The van der Waals surface area contributed by atoms with Gasteiger partial charge in [0.15, 0.2) is 0 Å². The van der Waals surface area contributed by atoms with Gasteiger partial charge in [-0.3, -0.25) is 9.69 Å². The highest BCUT2D eigenvalue weighted by molar-refractivity contribution is 7.89. The molecule has 8 nitrogen and oxygen atoms in total. The van der Waals surface area contributed by atoms with Gasteiger partial charge in [-0.2, -0.15) is 4.31 Å². The summed E-state index contributed by atoms with van der Waals surface area (Å²) in [6, 6.07) is 10.8. The van der Waals surface area contributed by atoms with Gasteiger partial charge in [0, 0.05) is 30.4 Å².